The molecule has 0 spiro atoms. The first-order valence-electron chi connectivity index (χ1n) is 7.14. The summed E-state index contributed by atoms with van der Waals surface area (Å²) in [6.45, 7) is 0. The van der Waals surface area contributed by atoms with Crippen LogP contribution >= 0.6 is 0 Å². The molecule has 0 heterocycles. The van der Waals surface area contributed by atoms with Gasteiger partial charge in [0.2, 0.25) is 0 Å². The standard InChI is InChI=1S/C15H20FNO4/c16-11-8-14(19)13(18)7-9(11)6-12(17)15(20)21-10-4-2-1-3-5-10/h7-8,10,12,18-19H,1-6,17H2. The second-order valence-electron chi connectivity index (χ2n) is 5.44. The summed E-state index contributed by atoms with van der Waals surface area (Å²) in [6, 6.07) is 0.868. The molecule has 1 saturated carbocycles. The number of halogens is 1. The van der Waals surface area contributed by atoms with Crippen LogP contribution < -0.4 is 5.73 Å². The highest BCUT2D eigenvalue weighted by molar-refractivity contribution is 5.76. The van der Waals surface area contributed by atoms with Crippen molar-refractivity contribution in [2.45, 2.75) is 50.7 Å². The maximum atomic E-state index is 13.6. The van der Waals surface area contributed by atoms with Crippen LogP contribution in [0.5, 0.6) is 11.5 Å². The minimum atomic E-state index is -0.995. The van der Waals surface area contributed by atoms with Crippen LogP contribution in [0.1, 0.15) is 37.7 Å². The summed E-state index contributed by atoms with van der Waals surface area (Å²) in [5.41, 5.74) is 5.81. The highest BCUT2D eigenvalue weighted by Crippen LogP contribution is 2.28. The van der Waals surface area contributed by atoms with E-state index in [4.69, 9.17) is 10.5 Å². The van der Waals surface area contributed by atoms with Crippen LogP contribution in [0, 0.1) is 5.82 Å². The minimum absolute atomic E-state index is 0.0680. The van der Waals surface area contributed by atoms with Crippen molar-refractivity contribution in [2.75, 3.05) is 0 Å². The van der Waals surface area contributed by atoms with E-state index in [0.29, 0.717) is 0 Å². The molecular weight excluding hydrogens is 277 g/mol. The van der Waals surface area contributed by atoms with Gasteiger partial charge in [-0.15, -0.1) is 0 Å². The number of nitrogens with two attached hydrogens (primary N) is 1. The minimum Gasteiger partial charge on any atom is -0.504 e. The van der Waals surface area contributed by atoms with E-state index in [1.165, 1.54) is 0 Å². The monoisotopic (exact) mass is 297 g/mol. The Balaban J connectivity index is 1.95. The van der Waals surface area contributed by atoms with Crippen LogP contribution in [-0.2, 0) is 16.0 Å². The maximum Gasteiger partial charge on any atom is 0.323 e. The number of aromatic hydroxyl groups is 2. The summed E-state index contributed by atoms with van der Waals surface area (Å²) in [7, 11) is 0. The van der Waals surface area contributed by atoms with E-state index in [1.54, 1.807) is 0 Å². The van der Waals surface area contributed by atoms with E-state index in [9.17, 15) is 19.4 Å². The van der Waals surface area contributed by atoms with Gasteiger partial charge in [-0.05, 0) is 37.3 Å². The third kappa shape index (κ3) is 4.07. The summed E-state index contributed by atoms with van der Waals surface area (Å²) in [5.74, 6) is -2.27. The van der Waals surface area contributed by atoms with Gasteiger partial charge in [-0.3, -0.25) is 4.79 Å². The molecule has 2 rings (SSSR count). The zero-order valence-corrected chi connectivity index (χ0v) is 11.7. The van der Waals surface area contributed by atoms with Crippen molar-refractivity contribution in [2.24, 2.45) is 5.73 Å². The van der Waals surface area contributed by atoms with Crippen LogP contribution in [0.25, 0.3) is 0 Å². The number of esters is 1. The average Bonchev–Trinajstić information content (AvgIpc) is 2.45. The van der Waals surface area contributed by atoms with Crippen molar-refractivity contribution in [3.63, 3.8) is 0 Å². The fraction of sp³-hybridized carbons (Fsp3) is 0.533. The van der Waals surface area contributed by atoms with Gasteiger partial charge in [0.25, 0.3) is 0 Å². The molecule has 0 radical (unpaired) electrons. The van der Waals surface area contributed by atoms with Crippen molar-refractivity contribution in [1.29, 1.82) is 0 Å². The average molecular weight is 297 g/mol. The molecule has 0 saturated heterocycles. The lowest BCUT2D eigenvalue weighted by atomic mass is 9.97. The SMILES string of the molecule is NC(Cc1cc(O)c(O)cc1F)C(=O)OC1CCCCC1. The first-order chi connectivity index (χ1) is 9.97. The topological polar surface area (TPSA) is 92.8 Å². The van der Waals surface area contributed by atoms with E-state index in [0.717, 1.165) is 44.2 Å². The fourth-order valence-corrected chi connectivity index (χ4v) is 2.51. The first kappa shape index (κ1) is 15.6. The molecule has 116 valence electrons. The third-order valence-electron chi connectivity index (χ3n) is 3.72. The molecule has 0 amide bonds. The van der Waals surface area contributed by atoms with Gasteiger partial charge in [-0.1, -0.05) is 6.42 Å². The summed E-state index contributed by atoms with van der Waals surface area (Å²) in [4.78, 5) is 11.9. The Morgan fingerprint density at radius 3 is 2.57 bits per heavy atom. The van der Waals surface area contributed by atoms with Crippen LogP contribution in [0.15, 0.2) is 12.1 Å². The first-order valence-corrected chi connectivity index (χ1v) is 7.14. The number of carbonyl (C=O) groups is 1. The summed E-state index contributed by atoms with van der Waals surface area (Å²) >= 11 is 0. The van der Waals surface area contributed by atoms with Gasteiger partial charge in [-0.2, -0.15) is 0 Å². The second-order valence-corrected chi connectivity index (χ2v) is 5.44. The number of ether oxygens (including phenoxy) is 1. The molecule has 1 fully saturated rings. The quantitative estimate of drug-likeness (QED) is 0.584. The molecule has 6 heteroatoms. The number of phenolic OH excluding ortho intramolecular Hbond substituents is 2. The van der Waals surface area contributed by atoms with E-state index in [-0.39, 0.29) is 18.1 Å². The Bertz CT molecular complexity index is 515. The number of hydrogen-bond donors (Lipinski definition) is 3. The number of hydrogen-bond acceptors (Lipinski definition) is 5. The molecule has 1 aliphatic carbocycles. The highest BCUT2D eigenvalue weighted by Gasteiger charge is 2.23. The summed E-state index contributed by atoms with van der Waals surface area (Å²) in [6.07, 6.45) is 4.71. The largest absolute Gasteiger partial charge is 0.504 e. The number of phenols is 2. The Hall–Kier alpha value is -1.82. The number of carbonyl (C=O) groups excluding carboxylic acids is 1. The van der Waals surface area contributed by atoms with Gasteiger partial charge in [0.15, 0.2) is 11.5 Å². The Kier molecular flexibility index (Phi) is 5.01. The predicted octanol–water partition coefficient (Wildman–Crippen LogP) is 1.98. The zero-order valence-electron chi connectivity index (χ0n) is 11.7. The van der Waals surface area contributed by atoms with Crippen molar-refractivity contribution < 1.29 is 24.1 Å². The Labute approximate surface area is 122 Å². The lowest BCUT2D eigenvalue weighted by Crippen LogP contribution is -2.37. The molecule has 1 aliphatic rings. The smallest absolute Gasteiger partial charge is 0.323 e. The maximum absolute atomic E-state index is 13.6. The van der Waals surface area contributed by atoms with E-state index < -0.39 is 29.3 Å². The molecule has 1 aromatic carbocycles. The number of rotatable bonds is 4. The lowest BCUT2D eigenvalue weighted by Gasteiger charge is -2.23. The summed E-state index contributed by atoms with van der Waals surface area (Å²) < 4.78 is 19.0. The van der Waals surface area contributed by atoms with Gasteiger partial charge in [0.1, 0.15) is 18.0 Å². The van der Waals surface area contributed by atoms with Crippen LogP contribution in [0.3, 0.4) is 0 Å². The van der Waals surface area contributed by atoms with Crippen molar-refractivity contribution in [3.8, 4) is 11.5 Å². The zero-order chi connectivity index (χ0) is 15.4. The Morgan fingerprint density at radius 1 is 1.29 bits per heavy atom. The van der Waals surface area contributed by atoms with E-state index in [2.05, 4.69) is 0 Å². The molecule has 0 bridgehead atoms. The predicted molar refractivity (Wildman–Crippen MR) is 74.4 cm³/mol. The second kappa shape index (κ2) is 6.76. The molecule has 1 aromatic rings. The Morgan fingerprint density at radius 2 is 1.90 bits per heavy atom. The molecule has 0 aliphatic heterocycles. The fourth-order valence-electron chi connectivity index (χ4n) is 2.51. The number of benzene rings is 1. The van der Waals surface area contributed by atoms with Crippen LogP contribution in [-0.4, -0.2) is 28.3 Å². The highest BCUT2D eigenvalue weighted by atomic mass is 19.1. The van der Waals surface area contributed by atoms with Gasteiger partial charge < -0.3 is 20.7 Å². The van der Waals surface area contributed by atoms with E-state index >= 15 is 0 Å². The molecule has 1 atom stereocenters. The molecule has 5 nitrogen and oxygen atoms in total. The van der Waals surface area contributed by atoms with Crippen molar-refractivity contribution >= 4 is 5.97 Å². The van der Waals surface area contributed by atoms with Gasteiger partial charge in [0, 0.05) is 12.5 Å². The molecule has 4 N–H and O–H groups in total. The summed E-state index contributed by atoms with van der Waals surface area (Å²) in [5, 5.41) is 18.5. The lowest BCUT2D eigenvalue weighted by molar-refractivity contribution is -0.152. The van der Waals surface area contributed by atoms with Gasteiger partial charge >= 0.3 is 5.97 Å². The third-order valence-corrected chi connectivity index (χ3v) is 3.72. The van der Waals surface area contributed by atoms with Crippen LogP contribution in [0.2, 0.25) is 0 Å². The van der Waals surface area contributed by atoms with Gasteiger partial charge in [-0.25, -0.2) is 4.39 Å². The normalized spacial score (nSPS) is 17.4. The van der Waals surface area contributed by atoms with E-state index in [1.807, 2.05) is 0 Å². The molecule has 21 heavy (non-hydrogen) atoms. The van der Waals surface area contributed by atoms with Crippen molar-refractivity contribution in [3.05, 3.63) is 23.5 Å². The van der Waals surface area contributed by atoms with Crippen molar-refractivity contribution in [1.82, 2.24) is 0 Å². The molecule has 0 aromatic heterocycles. The molecular formula is C15H20FNO4. The van der Waals surface area contributed by atoms with Gasteiger partial charge in [0.05, 0.1) is 0 Å². The molecule has 1 unspecified atom stereocenters. The van der Waals surface area contributed by atoms with Crippen LogP contribution in [0.4, 0.5) is 4.39 Å².